The molecule has 3 N–H and O–H groups in total. The molecule has 0 aliphatic rings. The Hall–Kier alpha value is -1.49. The highest BCUT2D eigenvalue weighted by Crippen LogP contribution is 1.99. The molecule has 1 unspecified atom stereocenters. The van der Waals surface area contributed by atoms with Crippen molar-refractivity contribution in [2.75, 3.05) is 5.32 Å². The summed E-state index contributed by atoms with van der Waals surface area (Å²) in [5, 5.41) is 9.90. The second-order valence-electron chi connectivity index (χ2n) is 2.84. The Balaban J connectivity index is 2.46. The smallest absolute Gasteiger partial charge is 0.227 e. The number of nitrogens with zero attached hydrogens (tertiary/aromatic N) is 2. The zero-order valence-corrected chi connectivity index (χ0v) is 7.40. The highest BCUT2D eigenvalue weighted by atomic mass is 16.1. The van der Waals surface area contributed by atoms with Gasteiger partial charge in [-0.3, -0.25) is 4.79 Å². The van der Waals surface area contributed by atoms with Gasteiger partial charge in [0.15, 0.2) is 5.82 Å². The number of carbonyl (C=O) groups excluding carboxylic acids is 1. The number of rotatable bonds is 3. The van der Waals surface area contributed by atoms with Gasteiger partial charge in [0.2, 0.25) is 5.91 Å². The summed E-state index contributed by atoms with van der Waals surface area (Å²) < 4.78 is 0. The van der Waals surface area contributed by atoms with Gasteiger partial charge in [-0.05, 0) is 19.1 Å². The molecule has 0 fully saturated rings. The molecule has 0 spiro atoms. The molecule has 0 aromatic carbocycles. The minimum Gasteiger partial charge on any atom is -0.327 e. The van der Waals surface area contributed by atoms with Crippen molar-refractivity contribution in [3.63, 3.8) is 0 Å². The van der Waals surface area contributed by atoms with Crippen LogP contribution in [-0.4, -0.2) is 22.1 Å². The summed E-state index contributed by atoms with van der Waals surface area (Å²) in [7, 11) is 0. The number of hydrogen-bond acceptors (Lipinski definition) is 4. The first-order valence-corrected chi connectivity index (χ1v) is 4.01. The van der Waals surface area contributed by atoms with Gasteiger partial charge in [0.05, 0.1) is 0 Å². The van der Waals surface area contributed by atoms with Gasteiger partial charge in [-0.1, -0.05) is 0 Å². The van der Waals surface area contributed by atoms with Crippen LogP contribution in [0.5, 0.6) is 0 Å². The third-order valence-electron chi connectivity index (χ3n) is 1.35. The maximum Gasteiger partial charge on any atom is 0.227 e. The van der Waals surface area contributed by atoms with E-state index in [2.05, 4.69) is 15.5 Å². The molecule has 0 saturated heterocycles. The summed E-state index contributed by atoms with van der Waals surface area (Å²) in [5.41, 5.74) is 5.45. The molecule has 0 bridgehead atoms. The predicted molar refractivity (Wildman–Crippen MR) is 48.9 cm³/mol. The van der Waals surface area contributed by atoms with E-state index in [1.54, 1.807) is 25.3 Å². The van der Waals surface area contributed by atoms with E-state index >= 15 is 0 Å². The molecule has 1 aromatic heterocycles. The van der Waals surface area contributed by atoms with E-state index in [1.807, 2.05) is 0 Å². The average Bonchev–Trinajstić information content (AvgIpc) is 2.04. The monoisotopic (exact) mass is 180 g/mol. The van der Waals surface area contributed by atoms with Crippen LogP contribution in [-0.2, 0) is 4.79 Å². The molecule has 1 aromatic rings. The van der Waals surface area contributed by atoms with Crippen LogP contribution < -0.4 is 11.1 Å². The third kappa shape index (κ3) is 3.62. The van der Waals surface area contributed by atoms with E-state index in [0.29, 0.717) is 5.82 Å². The first-order valence-electron chi connectivity index (χ1n) is 4.01. The number of nitrogens with two attached hydrogens (primary N) is 1. The lowest BCUT2D eigenvalue weighted by Crippen LogP contribution is -2.24. The molecular formula is C8H12N4O. The van der Waals surface area contributed by atoms with Gasteiger partial charge >= 0.3 is 0 Å². The Morgan fingerprint density at radius 1 is 1.77 bits per heavy atom. The van der Waals surface area contributed by atoms with Crippen molar-refractivity contribution in [1.82, 2.24) is 10.2 Å². The fourth-order valence-electron chi connectivity index (χ4n) is 0.855. The summed E-state index contributed by atoms with van der Waals surface area (Å²) in [6, 6.07) is 3.23. The number of carbonyl (C=O) groups is 1. The Kier molecular flexibility index (Phi) is 3.33. The van der Waals surface area contributed by atoms with Crippen LogP contribution in [0.3, 0.4) is 0 Å². The normalized spacial score (nSPS) is 12.2. The predicted octanol–water partition coefficient (Wildman–Crippen LogP) is 0.152. The molecule has 0 aliphatic carbocycles. The lowest BCUT2D eigenvalue weighted by atomic mass is 10.2. The molecular weight excluding hydrogens is 168 g/mol. The topological polar surface area (TPSA) is 80.9 Å². The summed E-state index contributed by atoms with van der Waals surface area (Å²) >= 11 is 0. The minimum atomic E-state index is -0.143. The molecule has 0 aliphatic heterocycles. The van der Waals surface area contributed by atoms with Crippen LogP contribution >= 0.6 is 0 Å². The number of aromatic nitrogens is 2. The van der Waals surface area contributed by atoms with Crippen LogP contribution in [0, 0.1) is 0 Å². The summed E-state index contributed by atoms with van der Waals surface area (Å²) in [4.78, 5) is 11.2. The molecule has 1 heterocycles. The van der Waals surface area contributed by atoms with Gasteiger partial charge in [-0.25, -0.2) is 0 Å². The quantitative estimate of drug-likeness (QED) is 0.694. The number of nitrogens with one attached hydrogen (secondary N) is 1. The maximum atomic E-state index is 11.2. The van der Waals surface area contributed by atoms with Crippen LogP contribution in [0.2, 0.25) is 0 Å². The first-order chi connectivity index (χ1) is 6.18. The van der Waals surface area contributed by atoms with Crippen LogP contribution in [0.1, 0.15) is 13.3 Å². The molecule has 1 rings (SSSR count). The Morgan fingerprint density at radius 2 is 2.54 bits per heavy atom. The molecule has 5 nitrogen and oxygen atoms in total. The largest absolute Gasteiger partial charge is 0.327 e. The molecule has 1 amide bonds. The van der Waals surface area contributed by atoms with Crippen LogP contribution in [0.15, 0.2) is 18.3 Å². The third-order valence-corrected chi connectivity index (χ3v) is 1.35. The van der Waals surface area contributed by atoms with E-state index in [9.17, 15) is 4.79 Å². The number of anilines is 1. The molecule has 70 valence electrons. The fraction of sp³-hybridized carbons (Fsp3) is 0.375. The summed E-state index contributed by atoms with van der Waals surface area (Å²) in [6.45, 7) is 1.77. The van der Waals surface area contributed by atoms with Gasteiger partial charge < -0.3 is 11.1 Å². The van der Waals surface area contributed by atoms with Gasteiger partial charge in [0.25, 0.3) is 0 Å². The zero-order valence-electron chi connectivity index (χ0n) is 7.40. The zero-order chi connectivity index (χ0) is 9.68. The van der Waals surface area contributed by atoms with Gasteiger partial charge in [0.1, 0.15) is 0 Å². The van der Waals surface area contributed by atoms with Crippen molar-refractivity contribution in [2.45, 2.75) is 19.4 Å². The molecule has 0 radical (unpaired) electrons. The minimum absolute atomic E-state index is 0.142. The highest BCUT2D eigenvalue weighted by Gasteiger charge is 2.05. The highest BCUT2D eigenvalue weighted by molar-refractivity contribution is 5.89. The van der Waals surface area contributed by atoms with Crippen molar-refractivity contribution in [3.8, 4) is 0 Å². The van der Waals surface area contributed by atoms with E-state index in [1.165, 1.54) is 0 Å². The second kappa shape index (κ2) is 4.51. The average molecular weight is 180 g/mol. The molecule has 5 heteroatoms. The molecule has 1 atom stereocenters. The van der Waals surface area contributed by atoms with E-state index in [4.69, 9.17) is 5.73 Å². The summed E-state index contributed by atoms with van der Waals surface area (Å²) in [5.74, 6) is 0.309. The van der Waals surface area contributed by atoms with Crippen molar-refractivity contribution in [1.29, 1.82) is 0 Å². The second-order valence-corrected chi connectivity index (χ2v) is 2.84. The van der Waals surface area contributed by atoms with Crippen molar-refractivity contribution in [3.05, 3.63) is 18.3 Å². The fourth-order valence-corrected chi connectivity index (χ4v) is 0.855. The van der Waals surface area contributed by atoms with Gasteiger partial charge in [-0.15, -0.1) is 5.10 Å². The van der Waals surface area contributed by atoms with Crippen LogP contribution in [0.25, 0.3) is 0 Å². The lowest BCUT2D eigenvalue weighted by Gasteiger charge is -2.04. The van der Waals surface area contributed by atoms with Crippen molar-refractivity contribution in [2.24, 2.45) is 5.73 Å². The molecule has 0 saturated carbocycles. The van der Waals surface area contributed by atoms with Crippen LogP contribution in [0.4, 0.5) is 5.82 Å². The van der Waals surface area contributed by atoms with E-state index in [-0.39, 0.29) is 18.4 Å². The Labute approximate surface area is 76.4 Å². The van der Waals surface area contributed by atoms with E-state index < -0.39 is 0 Å². The number of amides is 1. The Bertz CT molecular complexity index is 273. The van der Waals surface area contributed by atoms with Gasteiger partial charge in [0, 0.05) is 18.7 Å². The maximum absolute atomic E-state index is 11.2. The van der Waals surface area contributed by atoms with E-state index in [0.717, 1.165) is 0 Å². The van der Waals surface area contributed by atoms with Crippen molar-refractivity contribution >= 4 is 11.7 Å². The number of hydrogen-bond donors (Lipinski definition) is 2. The lowest BCUT2D eigenvalue weighted by molar-refractivity contribution is -0.116. The first kappa shape index (κ1) is 9.60. The summed E-state index contributed by atoms with van der Waals surface area (Å²) in [6.07, 6.45) is 1.83. The standard InChI is InChI=1S/C8H12N4O/c1-6(9)5-8(13)11-7-3-2-4-10-12-7/h2-4,6H,5,9H2,1H3,(H,11,12,13). The Morgan fingerprint density at radius 3 is 3.08 bits per heavy atom. The van der Waals surface area contributed by atoms with Gasteiger partial charge in [-0.2, -0.15) is 5.10 Å². The SMILES string of the molecule is CC(N)CC(=O)Nc1cccnn1. The van der Waals surface area contributed by atoms with Crippen molar-refractivity contribution < 1.29 is 4.79 Å². The molecule has 13 heavy (non-hydrogen) atoms.